The summed E-state index contributed by atoms with van der Waals surface area (Å²) in [6.07, 6.45) is 3.52. The Hall–Kier alpha value is -1.56. The zero-order valence-electron chi connectivity index (χ0n) is 13.1. The highest BCUT2D eigenvalue weighted by atomic mass is 14.3. The molecule has 0 saturated heterocycles. The second-order valence-electron chi connectivity index (χ2n) is 6.75. The molecule has 0 amide bonds. The van der Waals surface area contributed by atoms with Crippen LogP contribution in [0.15, 0.2) is 60.7 Å². The van der Waals surface area contributed by atoms with E-state index in [1.807, 2.05) is 0 Å². The minimum atomic E-state index is 0.104. The van der Waals surface area contributed by atoms with Crippen molar-refractivity contribution in [1.82, 2.24) is 0 Å². The van der Waals surface area contributed by atoms with E-state index in [1.54, 1.807) is 0 Å². The molecule has 0 unspecified atom stereocenters. The number of hydrogen-bond acceptors (Lipinski definition) is 0. The van der Waals surface area contributed by atoms with Crippen LogP contribution in [0.1, 0.15) is 45.2 Å². The van der Waals surface area contributed by atoms with Crippen LogP contribution >= 0.6 is 0 Å². The van der Waals surface area contributed by atoms with Gasteiger partial charge in [0.1, 0.15) is 0 Å². The molecular formula is C20H25. The average molecular weight is 265 g/mol. The van der Waals surface area contributed by atoms with Crippen molar-refractivity contribution in [3.05, 3.63) is 78.2 Å². The molecule has 20 heavy (non-hydrogen) atoms. The molecule has 0 nitrogen and oxygen atoms in total. The van der Waals surface area contributed by atoms with Crippen molar-refractivity contribution >= 4 is 0 Å². The number of benzene rings is 2. The van der Waals surface area contributed by atoms with Crippen molar-refractivity contribution in [2.45, 2.75) is 44.9 Å². The lowest BCUT2D eigenvalue weighted by Gasteiger charge is -2.31. The number of rotatable bonds is 5. The van der Waals surface area contributed by atoms with E-state index in [-0.39, 0.29) is 10.8 Å². The van der Waals surface area contributed by atoms with E-state index >= 15 is 0 Å². The van der Waals surface area contributed by atoms with Gasteiger partial charge in [-0.15, -0.1) is 0 Å². The van der Waals surface area contributed by atoms with Crippen LogP contribution in [0.5, 0.6) is 0 Å². The lowest BCUT2D eigenvalue weighted by atomic mass is 9.73. The highest BCUT2D eigenvalue weighted by Crippen LogP contribution is 2.34. The van der Waals surface area contributed by atoms with Crippen LogP contribution in [0.3, 0.4) is 0 Å². The summed E-state index contributed by atoms with van der Waals surface area (Å²) in [6, 6.07) is 21.5. The molecule has 2 rings (SSSR count). The standard InChI is InChI=1S/C20H25/c1-19(2,17-11-7-5-8-12-17)15-16-20(3,4)18-13-9-6-10-14-18/h5-15H,16H2,1-4H3. The first-order chi connectivity index (χ1) is 9.42. The summed E-state index contributed by atoms with van der Waals surface area (Å²) in [5.41, 5.74) is 3.06. The van der Waals surface area contributed by atoms with E-state index in [0.717, 1.165) is 6.42 Å². The summed E-state index contributed by atoms with van der Waals surface area (Å²) >= 11 is 0. The van der Waals surface area contributed by atoms with E-state index in [4.69, 9.17) is 0 Å². The van der Waals surface area contributed by atoms with E-state index in [0.29, 0.717) is 0 Å². The fourth-order valence-electron chi connectivity index (χ4n) is 2.50. The summed E-state index contributed by atoms with van der Waals surface area (Å²) in [7, 11) is 0. The first-order valence-electron chi connectivity index (χ1n) is 7.37. The molecule has 0 aromatic heterocycles. The Labute approximate surface area is 123 Å². The molecule has 0 spiro atoms. The third-order valence-electron chi connectivity index (χ3n) is 4.20. The molecule has 1 radical (unpaired) electrons. The SMILES string of the molecule is CC(C)([CH]CC(C)(C)c1ccccc1)c1ccccc1. The zero-order chi connectivity index (χ0) is 14.6. The van der Waals surface area contributed by atoms with Crippen LogP contribution in [-0.2, 0) is 10.8 Å². The predicted molar refractivity (Wildman–Crippen MR) is 87.9 cm³/mol. The van der Waals surface area contributed by atoms with Gasteiger partial charge in [-0.3, -0.25) is 0 Å². The Kier molecular flexibility index (Phi) is 4.32. The van der Waals surface area contributed by atoms with Gasteiger partial charge in [0.15, 0.2) is 0 Å². The van der Waals surface area contributed by atoms with Crippen molar-refractivity contribution in [2.24, 2.45) is 0 Å². The van der Waals surface area contributed by atoms with Gasteiger partial charge < -0.3 is 0 Å². The van der Waals surface area contributed by atoms with Gasteiger partial charge in [0.05, 0.1) is 0 Å². The smallest absolute Gasteiger partial charge is 0.00720 e. The molecule has 0 aliphatic rings. The minimum absolute atomic E-state index is 0.104. The second kappa shape index (κ2) is 5.83. The third-order valence-corrected chi connectivity index (χ3v) is 4.20. The van der Waals surface area contributed by atoms with Crippen LogP contribution in [-0.4, -0.2) is 0 Å². The average Bonchev–Trinajstić information content (AvgIpc) is 2.47. The molecule has 0 atom stereocenters. The zero-order valence-corrected chi connectivity index (χ0v) is 13.1. The minimum Gasteiger partial charge on any atom is -0.0622 e. The van der Waals surface area contributed by atoms with Gasteiger partial charge in [0, 0.05) is 0 Å². The van der Waals surface area contributed by atoms with Crippen molar-refractivity contribution in [3.8, 4) is 0 Å². The normalized spacial score (nSPS) is 12.4. The van der Waals surface area contributed by atoms with Crippen LogP contribution in [0, 0.1) is 6.42 Å². The molecule has 0 bridgehead atoms. The van der Waals surface area contributed by atoms with Crippen LogP contribution < -0.4 is 0 Å². The van der Waals surface area contributed by atoms with Crippen LogP contribution in [0.25, 0.3) is 0 Å². The molecule has 0 heteroatoms. The Morgan fingerprint density at radius 3 is 1.65 bits per heavy atom. The van der Waals surface area contributed by atoms with E-state index in [1.165, 1.54) is 11.1 Å². The number of hydrogen-bond donors (Lipinski definition) is 0. The summed E-state index contributed by atoms with van der Waals surface area (Å²) in [4.78, 5) is 0. The molecule has 105 valence electrons. The van der Waals surface area contributed by atoms with Gasteiger partial charge in [-0.2, -0.15) is 0 Å². The first-order valence-corrected chi connectivity index (χ1v) is 7.37. The van der Waals surface area contributed by atoms with Gasteiger partial charge in [-0.05, 0) is 34.8 Å². The predicted octanol–water partition coefficient (Wildman–Crippen LogP) is 5.54. The highest BCUT2D eigenvalue weighted by Gasteiger charge is 2.27. The van der Waals surface area contributed by atoms with Gasteiger partial charge >= 0.3 is 0 Å². The molecule has 0 aliphatic carbocycles. The molecule has 2 aromatic carbocycles. The van der Waals surface area contributed by atoms with Crippen LogP contribution in [0.4, 0.5) is 0 Å². The fraction of sp³-hybridized carbons (Fsp3) is 0.350. The van der Waals surface area contributed by atoms with Gasteiger partial charge in [-0.1, -0.05) is 88.4 Å². The lowest BCUT2D eigenvalue weighted by molar-refractivity contribution is 0.462. The largest absolute Gasteiger partial charge is 0.0622 e. The van der Waals surface area contributed by atoms with Crippen molar-refractivity contribution in [1.29, 1.82) is 0 Å². The van der Waals surface area contributed by atoms with Crippen molar-refractivity contribution in [2.75, 3.05) is 0 Å². The van der Waals surface area contributed by atoms with E-state index < -0.39 is 0 Å². The Balaban J connectivity index is 2.08. The van der Waals surface area contributed by atoms with Gasteiger partial charge in [-0.25, -0.2) is 0 Å². The van der Waals surface area contributed by atoms with E-state index in [2.05, 4.69) is 94.8 Å². The summed E-state index contributed by atoms with van der Waals surface area (Å²) in [6.45, 7) is 9.23. The maximum atomic E-state index is 2.45. The molecule has 0 N–H and O–H groups in total. The summed E-state index contributed by atoms with van der Waals surface area (Å²) in [5, 5.41) is 0. The summed E-state index contributed by atoms with van der Waals surface area (Å²) < 4.78 is 0. The first kappa shape index (κ1) is 14.8. The Bertz CT molecular complexity index is 469. The fourth-order valence-corrected chi connectivity index (χ4v) is 2.50. The van der Waals surface area contributed by atoms with Crippen LogP contribution in [0.2, 0.25) is 0 Å². The molecule has 0 aliphatic heterocycles. The quantitative estimate of drug-likeness (QED) is 0.666. The van der Waals surface area contributed by atoms with Gasteiger partial charge in [0.25, 0.3) is 0 Å². The Morgan fingerprint density at radius 2 is 1.15 bits per heavy atom. The second-order valence-corrected chi connectivity index (χ2v) is 6.75. The maximum absolute atomic E-state index is 2.45. The molecule has 2 aromatic rings. The third kappa shape index (κ3) is 3.50. The molecular weight excluding hydrogens is 240 g/mol. The van der Waals surface area contributed by atoms with E-state index in [9.17, 15) is 0 Å². The Morgan fingerprint density at radius 1 is 0.700 bits per heavy atom. The molecule has 0 heterocycles. The lowest BCUT2D eigenvalue weighted by Crippen LogP contribution is -2.25. The van der Waals surface area contributed by atoms with Crippen molar-refractivity contribution < 1.29 is 0 Å². The van der Waals surface area contributed by atoms with Crippen molar-refractivity contribution in [3.63, 3.8) is 0 Å². The highest BCUT2D eigenvalue weighted by molar-refractivity contribution is 5.29. The molecule has 0 fully saturated rings. The summed E-state index contributed by atoms with van der Waals surface area (Å²) in [5.74, 6) is 0. The maximum Gasteiger partial charge on any atom is -0.00720 e. The molecule has 0 saturated carbocycles. The monoisotopic (exact) mass is 265 g/mol. The topological polar surface area (TPSA) is 0 Å². The van der Waals surface area contributed by atoms with Gasteiger partial charge in [0.2, 0.25) is 0 Å².